The standard InChI is InChI=1S/C14H19F2N/c15-12-7-8-14(13(16)9-12)17-10-11-5-3-1-2-4-6-11/h7-9,11,17H,1-6,10H2. The zero-order valence-electron chi connectivity index (χ0n) is 10.0. The predicted molar refractivity (Wildman–Crippen MR) is 66.0 cm³/mol. The lowest BCUT2D eigenvalue weighted by Crippen LogP contribution is -2.14. The van der Waals surface area contributed by atoms with Crippen molar-refractivity contribution in [2.75, 3.05) is 11.9 Å². The van der Waals surface area contributed by atoms with Crippen molar-refractivity contribution in [2.24, 2.45) is 5.92 Å². The van der Waals surface area contributed by atoms with Crippen LogP contribution >= 0.6 is 0 Å². The lowest BCUT2D eigenvalue weighted by Gasteiger charge is -2.16. The van der Waals surface area contributed by atoms with Crippen LogP contribution in [0, 0.1) is 17.6 Å². The molecule has 0 aliphatic heterocycles. The van der Waals surface area contributed by atoms with Gasteiger partial charge in [-0.2, -0.15) is 0 Å². The molecule has 0 saturated heterocycles. The summed E-state index contributed by atoms with van der Waals surface area (Å²) in [6.45, 7) is 0.794. The van der Waals surface area contributed by atoms with Crippen molar-refractivity contribution in [1.82, 2.24) is 0 Å². The maximum absolute atomic E-state index is 13.4. The second kappa shape index (κ2) is 5.99. The Morgan fingerprint density at radius 3 is 2.41 bits per heavy atom. The maximum atomic E-state index is 13.4. The molecule has 0 aromatic heterocycles. The van der Waals surface area contributed by atoms with Gasteiger partial charge in [-0.15, -0.1) is 0 Å². The van der Waals surface area contributed by atoms with Crippen LogP contribution in [0.1, 0.15) is 38.5 Å². The molecule has 94 valence electrons. The highest BCUT2D eigenvalue weighted by molar-refractivity contribution is 5.44. The van der Waals surface area contributed by atoms with E-state index >= 15 is 0 Å². The number of benzene rings is 1. The molecule has 0 unspecified atom stereocenters. The smallest absolute Gasteiger partial charge is 0.149 e. The number of nitrogens with one attached hydrogen (secondary N) is 1. The SMILES string of the molecule is Fc1ccc(NCC2CCCCCC2)c(F)c1. The third-order valence-electron chi connectivity index (χ3n) is 3.49. The van der Waals surface area contributed by atoms with Gasteiger partial charge in [0.15, 0.2) is 0 Å². The average Bonchev–Trinajstić information content (AvgIpc) is 2.56. The van der Waals surface area contributed by atoms with E-state index in [0.717, 1.165) is 12.6 Å². The lowest BCUT2D eigenvalue weighted by molar-refractivity contribution is 0.482. The molecule has 2 rings (SSSR count). The largest absolute Gasteiger partial charge is 0.382 e. The summed E-state index contributed by atoms with van der Waals surface area (Å²) < 4.78 is 26.1. The Bertz CT molecular complexity index is 357. The number of hydrogen-bond donors (Lipinski definition) is 1. The summed E-state index contributed by atoms with van der Waals surface area (Å²) in [5.41, 5.74) is 0.413. The molecule has 0 bridgehead atoms. The predicted octanol–water partition coefficient (Wildman–Crippen LogP) is 4.35. The summed E-state index contributed by atoms with van der Waals surface area (Å²) in [6.07, 6.45) is 7.63. The molecule has 0 heterocycles. The minimum atomic E-state index is -0.525. The molecule has 1 fully saturated rings. The molecule has 0 amide bonds. The summed E-state index contributed by atoms with van der Waals surface area (Å²) in [5, 5.41) is 3.10. The van der Waals surface area contributed by atoms with Gasteiger partial charge in [0.25, 0.3) is 0 Å². The van der Waals surface area contributed by atoms with Crippen molar-refractivity contribution >= 4 is 5.69 Å². The molecule has 1 aromatic rings. The zero-order valence-corrected chi connectivity index (χ0v) is 10.0. The molecule has 1 saturated carbocycles. The molecule has 0 spiro atoms. The molecule has 1 aliphatic carbocycles. The van der Waals surface area contributed by atoms with Gasteiger partial charge < -0.3 is 5.32 Å². The van der Waals surface area contributed by atoms with Crippen LogP contribution in [0.15, 0.2) is 18.2 Å². The number of anilines is 1. The molecule has 0 atom stereocenters. The minimum Gasteiger partial charge on any atom is -0.382 e. The van der Waals surface area contributed by atoms with Gasteiger partial charge >= 0.3 is 0 Å². The monoisotopic (exact) mass is 239 g/mol. The normalized spacial score (nSPS) is 17.8. The van der Waals surface area contributed by atoms with E-state index in [1.54, 1.807) is 0 Å². The second-order valence-corrected chi connectivity index (χ2v) is 4.86. The van der Waals surface area contributed by atoms with Crippen molar-refractivity contribution in [3.63, 3.8) is 0 Å². The van der Waals surface area contributed by atoms with Gasteiger partial charge in [0.05, 0.1) is 5.69 Å². The van der Waals surface area contributed by atoms with Crippen molar-refractivity contribution < 1.29 is 8.78 Å². The Morgan fingerprint density at radius 2 is 1.76 bits per heavy atom. The lowest BCUT2D eigenvalue weighted by atomic mass is 10.0. The number of hydrogen-bond acceptors (Lipinski definition) is 1. The van der Waals surface area contributed by atoms with Gasteiger partial charge in [-0.25, -0.2) is 8.78 Å². The fourth-order valence-corrected chi connectivity index (χ4v) is 2.46. The summed E-state index contributed by atoms with van der Waals surface area (Å²) in [4.78, 5) is 0. The van der Waals surface area contributed by atoms with E-state index in [2.05, 4.69) is 5.32 Å². The number of rotatable bonds is 3. The molecule has 1 N–H and O–H groups in total. The van der Waals surface area contributed by atoms with Gasteiger partial charge in [-0.05, 0) is 30.9 Å². The zero-order chi connectivity index (χ0) is 12.1. The molecule has 17 heavy (non-hydrogen) atoms. The van der Waals surface area contributed by atoms with E-state index in [1.807, 2.05) is 0 Å². The van der Waals surface area contributed by atoms with Crippen LogP contribution in [-0.2, 0) is 0 Å². The maximum Gasteiger partial charge on any atom is 0.149 e. The highest BCUT2D eigenvalue weighted by Crippen LogP contribution is 2.24. The molecule has 0 radical (unpaired) electrons. The third kappa shape index (κ3) is 3.69. The Hall–Kier alpha value is -1.12. The number of halogens is 2. The molecule has 1 nitrogen and oxygen atoms in total. The van der Waals surface area contributed by atoms with E-state index in [9.17, 15) is 8.78 Å². The molecule has 1 aliphatic rings. The van der Waals surface area contributed by atoms with Crippen LogP contribution in [0.5, 0.6) is 0 Å². The summed E-state index contributed by atoms with van der Waals surface area (Å²) >= 11 is 0. The first-order valence-electron chi connectivity index (χ1n) is 6.44. The molecular formula is C14H19F2N. The quantitative estimate of drug-likeness (QED) is 0.773. The van der Waals surface area contributed by atoms with Crippen molar-refractivity contribution in [3.8, 4) is 0 Å². The van der Waals surface area contributed by atoms with E-state index in [1.165, 1.54) is 50.7 Å². The molecule has 1 aromatic carbocycles. The molecule has 3 heteroatoms. The Kier molecular flexibility index (Phi) is 4.35. The van der Waals surface area contributed by atoms with Crippen LogP contribution in [0.3, 0.4) is 0 Å². The van der Waals surface area contributed by atoms with Gasteiger partial charge in [-0.1, -0.05) is 25.7 Å². The average molecular weight is 239 g/mol. The van der Waals surface area contributed by atoms with Crippen LogP contribution in [-0.4, -0.2) is 6.54 Å². The Balaban J connectivity index is 1.88. The van der Waals surface area contributed by atoms with Crippen LogP contribution in [0.4, 0.5) is 14.5 Å². The summed E-state index contributed by atoms with van der Waals surface area (Å²) in [6, 6.07) is 3.69. The second-order valence-electron chi connectivity index (χ2n) is 4.86. The fraction of sp³-hybridized carbons (Fsp3) is 0.571. The summed E-state index contributed by atoms with van der Waals surface area (Å²) in [5.74, 6) is -0.400. The highest BCUT2D eigenvalue weighted by atomic mass is 19.1. The van der Waals surface area contributed by atoms with Crippen LogP contribution in [0.25, 0.3) is 0 Å². The van der Waals surface area contributed by atoms with Crippen molar-refractivity contribution in [3.05, 3.63) is 29.8 Å². The van der Waals surface area contributed by atoms with Crippen molar-refractivity contribution in [2.45, 2.75) is 38.5 Å². The van der Waals surface area contributed by atoms with Gasteiger partial charge in [0.2, 0.25) is 0 Å². The Morgan fingerprint density at radius 1 is 1.06 bits per heavy atom. The van der Waals surface area contributed by atoms with Gasteiger partial charge in [0, 0.05) is 12.6 Å². The van der Waals surface area contributed by atoms with E-state index in [-0.39, 0.29) is 0 Å². The first-order valence-corrected chi connectivity index (χ1v) is 6.44. The van der Waals surface area contributed by atoms with E-state index in [0.29, 0.717) is 11.6 Å². The summed E-state index contributed by atoms with van der Waals surface area (Å²) in [7, 11) is 0. The first-order chi connectivity index (χ1) is 8.25. The van der Waals surface area contributed by atoms with E-state index < -0.39 is 11.6 Å². The first kappa shape index (κ1) is 12.3. The minimum absolute atomic E-state index is 0.413. The fourth-order valence-electron chi connectivity index (χ4n) is 2.46. The highest BCUT2D eigenvalue weighted by Gasteiger charge is 2.12. The molecular weight excluding hydrogens is 220 g/mol. The topological polar surface area (TPSA) is 12.0 Å². The van der Waals surface area contributed by atoms with E-state index in [4.69, 9.17) is 0 Å². The Labute approximate surface area is 101 Å². The van der Waals surface area contributed by atoms with Gasteiger partial charge in [-0.3, -0.25) is 0 Å². The van der Waals surface area contributed by atoms with Crippen LogP contribution < -0.4 is 5.32 Å². The van der Waals surface area contributed by atoms with Crippen molar-refractivity contribution in [1.29, 1.82) is 0 Å². The van der Waals surface area contributed by atoms with Gasteiger partial charge in [0.1, 0.15) is 11.6 Å². The van der Waals surface area contributed by atoms with Crippen LogP contribution in [0.2, 0.25) is 0 Å². The third-order valence-corrected chi connectivity index (χ3v) is 3.49.